The molecule has 0 bridgehead atoms. The lowest BCUT2D eigenvalue weighted by Crippen LogP contribution is -2.49. The number of methoxy groups -OCH3 is 1. The predicted molar refractivity (Wildman–Crippen MR) is 82.7 cm³/mol. The lowest BCUT2D eigenvalue weighted by atomic mass is 10.2. The zero-order valence-electron chi connectivity index (χ0n) is 13.4. The number of aryl methyl sites for hydroxylation is 1. The van der Waals surface area contributed by atoms with Crippen LogP contribution in [0.25, 0.3) is 0 Å². The second kappa shape index (κ2) is 6.78. The van der Waals surface area contributed by atoms with Crippen molar-refractivity contribution in [1.82, 2.24) is 19.9 Å². The average molecular weight is 316 g/mol. The maximum Gasteiger partial charge on any atom is 0.237 e. The van der Waals surface area contributed by atoms with Gasteiger partial charge in [-0.2, -0.15) is 4.98 Å². The summed E-state index contributed by atoms with van der Waals surface area (Å²) in [6, 6.07) is 7.80. The molecule has 0 atom stereocenters. The number of carbonyl (C=O) groups is 1. The minimum absolute atomic E-state index is 0.110. The molecule has 0 spiro atoms. The number of carbonyl (C=O) groups excluding carboxylic acids is 1. The molecule has 0 N–H and O–H groups in total. The van der Waals surface area contributed by atoms with Crippen molar-refractivity contribution in [2.24, 2.45) is 0 Å². The van der Waals surface area contributed by atoms with Gasteiger partial charge in [0.25, 0.3) is 0 Å². The molecule has 1 amide bonds. The van der Waals surface area contributed by atoms with Crippen molar-refractivity contribution in [3.05, 3.63) is 41.5 Å². The van der Waals surface area contributed by atoms with E-state index in [0.29, 0.717) is 37.9 Å². The molecule has 0 aliphatic carbocycles. The normalized spacial score (nSPS) is 15.9. The Morgan fingerprint density at radius 2 is 2.17 bits per heavy atom. The molecule has 1 aromatic carbocycles. The Labute approximate surface area is 134 Å². The highest BCUT2D eigenvalue weighted by molar-refractivity contribution is 5.79. The molecule has 0 saturated carbocycles. The number of hydrogen-bond donors (Lipinski definition) is 0. The van der Waals surface area contributed by atoms with Gasteiger partial charge in [0, 0.05) is 26.6 Å². The van der Waals surface area contributed by atoms with E-state index in [1.807, 2.05) is 34.1 Å². The topological polar surface area (TPSA) is 71.7 Å². The van der Waals surface area contributed by atoms with Gasteiger partial charge in [-0.15, -0.1) is 0 Å². The van der Waals surface area contributed by atoms with E-state index in [1.54, 1.807) is 14.0 Å². The van der Waals surface area contributed by atoms with Crippen LogP contribution in [0.1, 0.15) is 17.3 Å². The smallest absolute Gasteiger partial charge is 0.237 e. The largest absolute Gasteiger partial charge is 0.497 e. The van der Waals surface area contributed by atoms with Gasteiger partial charge in [-0.05, 0) is 17.7 Å². The Hall–Kier alpha value is -2.41. The first kappa shape index (κ1) is 15.5. The van der Waals surface area contributed by atoms with E-state index in [0.717, 1.165) is 17.9 Å². The van der Waals surface area contributed by atoms with Crippen molar-refractivity contribution >= 4 is 5.91 Å². The van der Waals surface area contributed by atoms with E-state index in [9.17, 15) is 4.79 Å². The quantitative estimate of drug-likeness (QED) is 0.826. The van der Waals surface area contributed by atoms with Gasteiger partial charge in [-0.25, -0.2) is 0 Å². The molecule has 3 rings (SSSR count). The van der Waals surface area contributed by atoms with Crippen molar-refractivity contribution in [2.75, 3.05) is 26.7 Å². The monoisotopic (exact) mass is 316 g/mol. The van der Waals surface area contributed by atoms with Gasteiger partial charge < -0.3 is 14.2 Å². The van der Waals surface area contributed by atoms with Gasteiger partial charge in [0.15, 0.2) is 5.82 Å². The van der Waals surface area contributed by atoms with Gasteiger partial charge in [0.2, 0.25) is 11.8 Å². The molecule has 1 aliphatic heterocycles. The number of hydrogen-bond acceptors (Lipinski definition) is 6. The molecule has 1 saturated heterocycles. The van der Waals surface area contributed by atoms with E-state index in [1.165, 1.54) is 0 Å². The molecule has 122 valence electrons. The lowest BCUT2D eigenvalue weighted by molar-refractivity contribution is -0.136. The summed E-state index contributed by atoms with van der Waals surface area (Å²) in [6.45, 7) is 4.75. The molecular formula is C16H20N4O3. The van der Waals surface area contributed by atoms with Crippen molar-refractivity contribution in [1.29, 1.82) is 0 Å². The number of amides is 1. The number of benzene rings is 1. The van der Waals surface area contributed by atoms with Crippen LogP contribution in [0.3, 0.4) is 0 Å². The standard InChI is InChI=1S/C16H20N4O3/c1-12-17-15(18-23-12)10-19-6-7-20(16(21)11-19)9-13-4-3-5-14(8-13)22-2/h3-5,8H,6-7,9-11H2,1-2H3. The zero-order valence-corrected chi connectivity index (χ0v) is 13.4. The van der Waals surface area contributed by atoms with E-state index in [4.69, 9.17) is 9.26 Å². The van der Waals surface area contributed by atoms with Crippen LogP contribution in [-0.2, 0) is 17.9 Å². The van der Waals surface area contributed by atoms with Crippen molar-refractivity contribution < 1.29 is 14.1 Å². The first-order valence-electron chi connectivity index (χ1n) is 7.56. The second-order valence-electron chi connectivity index (χ2n) is 5.61. The third kappa shape index (κ3) is 3.87. The molecule has 2 aromatic rings. The third-order valence-electron chi connectivity index (χ3n) is 3.84. The molecular weight excluding hydrogens is 296 g/mol. The van der Waals surface area contributed by atoms with Crippen LogP contribution < -0.4 is 4.74 Å². The summed E-state index contributed by atoms with van der Waals surface area (Å²) >= 11 is 0. The van der Waals surface area contributed by atoms with E-state index >= 15 is 0 Å². The number of piperazine rings is 1. The Bertz CT molecular complexity index is 685. The number of ether oxygens (including phenoxy) is 1. The maximum atomic E-state index is 12.3. The molecule has 23 heavy (non-hydrogen) atoms. The number of nitrogens with zero attached hydrogens (tertiary/aromatic N) is 4. The molecule has 2 heterocycles. The Kier molecular flexibility index (Phi) is 4.57. The first-order valence-corrected chi connectivity index (χ1v) is 7.56. The minimum atomic E-state index is 0.110. The minimum Gasteiger partial charge on any atom is -0.497 e. The Balaban J connectivity index is 1.57. The molecule has 0 unspecified atom stereocenters. The number of rotatable bonds is 5. The van der Waals surface area contributed by atoms with E-state index in [-0.39, 0.29) is 5.91 Å². The summed E-state index contributed by atoms with van der Waals surface area (Å²) in [4.78, 5) is 20.4. The predicted octanol–water partition coefficient (Wildman–Crippen LogP) is 1.23. The molecule has 7 heteroatoms. The van der Waals surface area contributed by atoms with Crippen LogP contribution in [0.2, 0.25) is 0 Å². The summed E-state index contributed by atoms with van der Waals surface area (Å²) in [6.07, 6.45) is 0. The van der Waals surface area contributed by atoms with Gasteiger partial charge >= 0.3 is 0 Å². The van der Waals surface area contributed by atoms with Crippen molar-refractivity contribution in [2.45, 2.75) is 20.0 Å². The molecule has 1 fully saturated rings. The summed E-state index contributed by atoms with van der Waals surface area (Å²) in [5, 5.41) is 3.87. The van der Waals surface area contributed by atoms with Crippen LogP contribution in [0.5, 0.6) is 5.75 Å². The van der Waals surface area contributed by atoms with Crippen molar-refractivity contribution in [3.8, 4) is 5.75 Å². The fraction of sp³-hybridized carbons (Fsp3) is 0.438. The average Bonchev–Trinajstić information content (AvgIpc) is 2.95. The highest BCUT2D eigenvalue weighted by Gasteiger charge is 2.25. The summed E-state index contributed by atoms with van der Waals surface area (Å²) in [5.74, 6) is 2.08. The van der Waals surface area contributed by atoms with Crippen LogP contribution in [0.15, 0.2) is 28.8 Å². The highest BCUT2D eigenvalue weighted by Crippen LogP contribution is 2.16. The molecule has 0 radical (unpaired) electrons. The fourth-order valence-corrected chi connectivity index (χ4v) is 2.66. The SMILES string of the molecule is COc1cccc(CN2CCN(Cc3noc(C)n3)CC2=O)c1. The molecule has 1 aliphatic rings. The second-order valence-corrected chi connectivity index (χ2v) is 5.61. The van der Waals surface area contributed by atoms with E-state index < -0.39 is 0 Å². The van der Waals surface area contributed by atoms with Crippen LogP contribution in [0.4, 0.5) is 0 Å². The van der Waals surface area contributed by atoms with Gasteiger partial charge in [0.05, 0.1) is 20.2 Å². The maximum absolute atomic E-state index is 12.3. The van der Waals surface area contributed by atoms with Gasteiger partial charge in [-0.3, -0.25) is 9.69 Å². The number of aromatic nitrogens is 2. The van der Waals surface area contributed by atoms with Crippen LogP contribution in [-0.4, -0.2) is 52.6 Å². The lowest BCUT2D eigenvalue weighted by Gasteiger charge is -2.33. The van der Waals surface area contributed by atoms with Crippen molar-refractivity contribution in [3.63, 3.8) is 0 Å². The van der Waals surface area contributed by atoms with Crippen LogP contribution >= 0.6 is 0 Å². The van der Waals surface area contributed by atoms with Crippen LogP contribution in [0, 0.1) is 6.92 Å². The highest BCUT2D eigenvalue weighted by atomic mass is 16.5. The van der Waals surface area contributed by atoms with Gasteiger partial charge in [-0.1, -0.05) is 17.3 Å². The fourth-order valence-electron chi connectivity index (χ4n) is 2.66. The Morgan fingerprint density at radius 1 is 1.30 bits per heavy atom. The summed E-state index contributed by atoms with van der Waals surface area (Å²) in [7, 11) is 1.64. The summed E-state index contributed by atoms with van der Waals surface area (Å²) in [5.41, 5.74) is 1.07. The molecule has 7 nitrogen and oxygen atoms in total. The molecule has 1 aromatic heterocycles. The first-order chi connectivity index (χ1) is 11.1. The third-order valence-corrected chi connectivity index (χ3v) is 3.84. The zero-order chi connectivity index (χ0) is 16.2. The summed E-state index contributed by atoms with van der Waals surface area (Å²) < 4.78 is 10.2. The van der Waals surface area contributed by atoms with Gasteiger partial charge in [0.1, 0.15) is 5.75 Å². The Morgan fingerprint density at radius 3 is 2.87 bits per heavy atom. The van der Waals surface area contributed by atoms with E-state index in [2.05, 4.69) is 10.1 Å².